The third-order valence-electron chi connectivity index (χ3n) is 2.01. The highest BCUT2D eigenvalue weighted by atomic mass is 14.9. The van der Waals surface area contributed by atoms with E-state index in [1.165, 1.54) is 12.8 Å². The molecule has 100 valence electrons. The molecule has 0 atom stereocenters. The largest absolute Gasteiger partial charge is 0.330 e. The molecule has 0 fully saturated rings. The molecule has 0 aliphatic rings. The van der Waals surface area contributed by atoms with Gasteiger partial charge in [0.2, 0.25) is 0 Å². The SMILES string of the molecule is CCCNCCCN.CCNCCCNC. The lowest BCUT2D eigenvalue weighted by molar-refractivity contribution is 0.642. The Labute approximate surface area is 102 Å². The second kappa shape index (κ2) is 20.3. The van der Waals surface area contributed by atoms with Gasteiger partial charge in [0.15, 0.2) is 0 Å². The molecule has 0 heterocycles. The van der Waals surface area contributed by atoms with Gasteiger partial charge in [-0.15, -0.1) is 0 Å². The van der Waals surface area contributed by atoms with E-state index in [0.29, 0.717) is 0 Å². The van der Waals surface area contributed by atoms with Gasteiger partial charge >= 0.3 is 0 Å². The van der Waals surface area contributed by atoms with E-state index >= 15 is 0 Å². The number of hydrogen-bond acceptors (Lipinski definition) is 4. The number of nitrogens with two attached hydrogens (primary N) is 1. The maximum atomic E-state index is 5.27. The molecular formula is C12H32N4. The molecular weight excluding hydrogens is 200 g/mol. The molecule has 0 rings (SSSR count). The Morgan fingerprint density at radius 2 is 1.56 bits per heavy atom. The van der Waals surface area contributed by atoms with Crippen molar-refractivity contribution in [3.05, 3.63) is 0 Å². The van der Waals surface area contributed by atoms with Crippen LogP contribution in [0.15, 0.2) is 0 Å². The van der Waals surface area contributed by atoms with Gasteiger partial charge in [-0.1, -0.05) is 13.8 Å². The Hall–Kier alpha value is -0.160. The van der Waals surface area contributed by atoms with Crippen LogP contribution in [0.1, 0.15) is 33.1 Å². The zero-order chi connectivity index (χ0) is 12.5. The van der Waals surface area contributed by atoms with E-state index < -0.39 is 0 Å². The summed E-state index contributed by atoms with van der Waals surface area (Å²) < 4.78 is 0. The van der Waals surface area contributed by atoms with E-state index in [4.69, 9.17) is 5.73 Å². The number of nitrogens with one attached hydrogen (secondary N) is 3. The van der Waals surface area contributed by atoms with Crippen LogP contribution in [-0.4, -0.2) is 46.3 Å². The number of rotatable bonds is 10. The molecule has 0 aliphatic heterocycles. The van der Waals surface area contributed by atoms with Crippen molar-refractivity contribution in [2.45, 2.75) is 33.1 Å². The number of hydrogen-bond donors (Lipinski definition) is 4. The van der Waals surface area contributed by atoms with Gasteiger partial charge in [0, 0.05) is 0 Å². The van der Waals surface area contributed by atoms with Crippen molar-refractivity contribution in [1.29, 1.82) is 0 Å². The Bertz CT molecular complexity index is 75.0. The summed E-state index contributed by atoms with van der Waals surface area (Å²) in [5, 5.41) is 9.59. The summed E-state index contributed by atoms with van der Waals surface area (Å²) in [6.07, 6.45) is 3.54. The summed E-state index contributed by atoms with van der Waals surface area (Å²) in [5.41, 5.74) is 5.27. The minimum Gasteiger partial charge on any atom is -0.330 e. The molecule has 4 nitrogen and oxygen atoms in total. The summed E-state index contributed by atoms with van der Waals surface area (Å²) in [5.74, 6) is 0. The van der Waals surface area contributed by atoms with E-state index in [-0.39, 0.29) is 0 Å². The fourth-order valence-corrected chi connectivity index (χ4v) is 1.10. The Kier molecular flexibility index (Phi) is 23.1. The third-order valence-corrected chi connectivity index (χ3v) is 2.01. The predicted octanol–water partition coefficient (Wildman–Crippen LogP) is 0.540. The van der Waals surface area contributed by atoms with Crippen molar-refractivity contribution in [3.63, 3.8) is 0 Å². The maximum Gasteiger partial charge on any atom is -0.00369 e. The summed E-state index contributed by atoms with van der Waals surface area (Å²) >= 11 is 0. The average molecular weight is 232 g/mol. The highest BCUT2D eigenvalue weighted by Gasteiger charge is 1.81. The van der Waals surface area contributed by atoms with Gasteiger partial charge in [0.05, 0.1) is 0 Å². The van der Waals surface area contributed by atoms with Crippen LogP contribution in [0.2, 0.25) is 0 Å². The van der Waals surface area contributed by atoms with E-state index in [2.05, 4.69) is 29.8 Å². The monoisotopic (exact) mass is 232 g/mol. The molecule has 0 unspecified atom stereocenters. The molecule has 0 saturated carbocycles. The minimum atomic E-state index is 0.802. The lowest BCUT2D eigenvalue weighted by Crippen LogP contribution is -2.18. The highest BCUT2D eigenvalue weighted by Crippen LogP contribution is 1.71. The van der Waals surface area contributed by atoms with Crippen molar-refractivity contribution < 1.29 is 0 Å². The molecule has 0 radical (unpaired) electrons. The lowest BCUT2D eigenvalue weighted by atomic mass is 10.4. The lowest BCUT2D eigenvalue weighted by Gasteiger charge is -1.98. The van der Waals surface area contributed by atoms with Crippen LogP contribution in [0.3, 0.4) is 0 Å². The van der Waals surface area contributed by atoms with Crippen molar-refractivity contribution >= 4 is 0 Å². The van der Waals surface area contributed by atoms with E-state index in [1.54, 1.807) is 0 Å². The van der Waals surface area contributed by atoms with Gasteiger partial charge in [-0.3, -0.25) is 0 Å². The Morgan fingerprint density at radius 1 is 0.875 bits per heavy atom. The van der Waals surface area contributed by atoms with Gasteiger partial charge in [0.1, 0.15) is 0 Å². The normalized spacial score (nSPS) is 9.75. The Balaban J connectivity index is 0. The highest BCUT2D eigenvalue weighted by molar-refractivity contribution is 4.45. The predicted molar refractivity (Wildman–Crippen MR) is 73.9 cm³/mol. The molecule has 4 heteroatoms. The summed E-state index contributed by atoms with van der Waals surface area (Å²) in [6.45, 7) is 10.6. The smallest absolute Gasteiger partial charge is 0.00369 e. The molecule has 0 bridgehead atoms. The van der Waals surface area contributed by atoms with Crippen LogP contribution < -0.4 is 21.7 Å². The van der Waals surface area contributed by atoms with Crippen LogP contribution in [-0.2, 0) is 0 Å². The first-order valence-electron chi connectivity index (χ1n) is 6.59. The first-order valence-corrected chi connectivity index (χ1v) is 6.59. The van der Waals surface area contributed by atoms with E-state index in [0.717, 1.165) is 45.7 Å². The van der Waals surface area contributed by atoms with Crippen molar-refractivity contribution in [3.8, 4) is 0 Å². The van der Waals surface area contributed by atoms with Gasteiger partial charge in [-0.25, -0.2) is 0 Å². The van der Waals surface area contributed by atoms with Crippen LogP contribution in [0.4, 0.5) is 0 Å². The molecule has 0 saturated heterocycles. The Morgan fingerprint density at radius 3 is 2.06 bits per heavy atom. The molecule has 0 amide bonds. The summed E-state index contributed by atoms with van der Waals surface area (Å²) in [7, 11) is 1.98. The second-order valence-electron chi connectivity index (χ2n) is 3.70. The summed E-state index contributed by atoms with van der Waals surface area (Å²) in [4.78, 5) is 0. The van der Waals surface area contributed by atoms with Gasteiger partial charge < -0.3 is 21.7 Å². The maximum absolute atomic E-state index is 5.27. The van der Waals surface area contributed by atoms with E-state index in [1.807, 2.05) is 7.05 Å². The minimum absolute atomic E-state index is 0.802. The molecule has 5 N–H and O–H groups in total. The fourth-order valence-electron chi connectivity index (χ4n) is 1.10. The average Bonchev–Trinajstić information content (AvgIpc) is 2.31. The molecule has 0 spiro atoms. The first kappa shape index (κ1) is 18.2. The zero-order valence-electron chi connectivity index (χ0n) is 11.4. The van der Waals surface area contributed by atoms with Crippen molar-refractivity contribution in [2.75, 3.05) is 46.3 Å². The molecule has 0 aromatic rings. The van der Waals surface area contributed by atoms with Crippen LogP contribution in [0.5, 0.6) is 0 Å². The molecule has 16 heavy (non-hydrogen) atoms. The molecule has 0 aromatic heterocycles. The fraction of sp³-hybridized carbons (Fsp3) is 1.00. The topological polar surface area (TPSA) is 62.1 Å². The van der Waals surface area contributed by atoms with Crippen molar-refractivity contribution in [2.24, 2.45) is 5.73 Å². The van der Waals surface area contributed by atoms with E-state index in [9.17, 15) is 0 Å². The van der Waals surface area contributed by atoms with Crippen LogP contribution in [0, 0.1) is 0 Å². The van der Waals surface area contributed by atoms with Crippen molar-refractivity contribution in [1.82, 2.24) is 16.0 Å². The quantitative estimate of drug-likeness (QED) is 0.415. The zero-order valence-corrected chi connectivity index (χ0v) is 11.4. The standard InChI is InChI=1S/2C6H16N2/c1-3-8-6-4-5-7-2;1-2-5-8-6-3-4-7/h7-8H,3-6H2,1-2H3;8H,2-7H2,1H3. The van der Waals surface area contributed by atoms with Gasteiger partial charge in [-0.2, -0.15) is 0 Å². The van der Waals surface area contributed by atoms with Gasteiger partial charge in [-0.05, 0) is 65.6 Å². The van der Waals surface area contributed by atoms with Crippen LogP contribution >= 0.6 is 0 Å². The second-order valence-corrected chi connectivity index (χ2v) is 3.70. The summed E-state index contributed by atoms with van der Waals surface area (Å²) in [6, 6.07) is 0. The van der Waals surface area contributed by atoms with Gasteiger partial charge in [0.25, 0.3) is 0 Å². The van der Waals surface area contributed by atoms with Crippen LogP contribution in [0.25, 0.3) is 0 Å². The first-order chi connectivity index (χ1) is 7.83. The third kappa shape index (κ3) is 23.6. The molecule has 0 aliphatic carbocycles. The molecule has 0 aromatic carbocycles.